The first kappa shape index (κ1) is 25.4. The van der Waals surface area contributed by atoms with Crippen LogP contribution in [0.4, 0.5) is 4.39 Å². The molecule has 0 aliphatic rings. The van der Waals surface area contributed by atoms with Crippen molar-refractivity contribution in [3.05, 3.63) is 71.0 Å². The van der Waals surface area contributed by atoms with Gasteiger partial charge >= 0.3 is 0 Å². The fourth-order valence-corrected chi connectivity index (χ4v) is 2.90. The number of aldehydes is 1. The maximum absolute atomic E-state index is 13.1. The van der Waals surface area contributed by atoms with Crippen LogP contribution >= 0.6 is 0 Å². The highest BCUT2D eigenvalue weighted by atomic mass is 19.1. The summed E-state index contributed by atoms with van der Waals surface area (Å²) in [6, 6.07) is 12.5. The molecule has 2 rings (SSSR count). The summed E-state index contributed by atoms with van der Waals surface area (Å²) >= 11 is 0. The third-order valence-corrected chi connectivity index (χ3v) is 4.65. The summed E-state index contributed by atoms with van der Waals surface area (Å²) in [7, 11) is 1.43. The number of hydrogen-bond acceptors (Lipinski definition) is 5. The molecule has 0 bridgehead atoms. The van der Waals surface area contributed by atoms with Gasteiger partial charge in [0, 0.05) is 25.6 Å². The fourth-order valence-electron chi connectivity index (χ4n) is 2.90. The first-order valence-corrected chi connectivity index (χ1v) is 9.98. The summed E-state index contributed by atoms with van der Waals surface area (Å²) in [6.45, 7) is 2.23. The number of hydroxylamine groups is 1. The quantitative estimate of drug-likeness (QED) is 0.269. The van der Waals surface area contributed by atoms with Gasteiger partial charge in [-0.2, -0.15) is 0 Å². The molecule has 0 saturated heterocycles. The molecule has 7 heteroatoms. The van der Waals surface area contributed by atoms with Crippen LogP contribution in [0.5, 0.6) is 0 Å². The van der Waals surface area contributed by atoms with Crippen molar-refractivity contribution >= 4 is 12.2 Å². The topological polar surface area (TPSA) is 98.7 Å². The van der Waals surface area contributed by atoms with Crippen LogP contribution < -0.4 is 10.8 Å². The van der Waals surface area contributed by atoms with Gasteiger partial charge in [0.15, 0.2) is 0 Å². The van der Waals surface area contributed by atoms with Crippen LogP contribution in [0, 0.1) is 5.82 Å². The van der Waals surface area contributed by atoms with E-state index in [0.29, 0.717) is 29.7 Å². The highest BCUT2D eigenvalue weighted by molar-refractivity contribution is 5.94. The van der Waals surface area contributed by atoms with E-state index in [2.05, 4.69) is 5.32 Å². The smallest absolute Gasteiger partial charge is 0.251 e. The largest absolute Gasteiger partial charge is 0.381 e. The number of halogens is 1. The van der Waals surface area contributed by atoms with Crippen LogP contribution in [0.15, 0.2) is 48.5 Å². The van der Waals surface area contributed by atoms with Crippen LogP contribution in [0.25, 0.3) is 0 Å². The average molecular weight is 419 g/mol. The van der Waals surface area contributed by atoms with E-state index < -0.39 is 5.60 Å². The van der Waals surface area contributed by atoms with Crippen molar-refractivity contribution in [3.8, 4) is 0 Å². The van der Waals surface area contributed by atoms with Gasteiger partial charge in [0.05, 0.1) is 0 Å². The highest BCUT2D eigenvalue weighted by Crippen LogP contribution is 2.29. The Balaban J connectivity index is 0.00000141. The lowest BCUT2D eigenvalue weighted by Gasteiger charge is -2.24. The summed E-state index contributed by atoms with van der Waals surface area (Å²) < 4.78 is 13.1. The number of aliphatic hydroxyl groups is 1. The van der Waals surface area contributed by atoms with Gasteiger partial charge in [0.1, 0.15) is 17.7 Å². The second-order valence-electron chi connectivity index (χ2n) is 7.01. The Kier molecular flexibility index (Phi) is 11.5. The number of amides is 1. The second kappa shape index (κ2) is 13.6. The molecule has 1 amide bonds. The lowest BCUT2D eigenvalue weighted by Crippen LogP contribution is -2.25. The molecule has 0 spiro atoms. The van der Waals surface area contributed by atoms with Crippen molar-refractivity contribution < 1.29 is 24.3 Å². The molecule has 0 saturated carbocycles. The molecular weight excluding hydrogens is 387 g/mol. The zero-order valence-electron chi connectivity index (χ0n) is 17.5. The molecule has 164 valence electrons. The number of hydrogen-bond donors (Lipinski definition) is 4. The Hall–Kier alpha value is -2.61. The molecule has 0 fully saturated rings. The maximum Gasteiger partial charge on any atom is 0.251 e. The summed E-state index contributed by atoms with van der Waals surface area (Å²) in [4.78, 5) is 22.4. The van der Waals surface area contributed by atoms with E-state index in [0.717, 1.165) is 32.0 Å². The second-order valence-corrected chi connectivity index (χ2v) is 7.01. The number of carbonyl (C=O) groups is 2. The fraction of sp³-hybridized carbons (Fsp3) is 0.391. The summed E-state index contributed by atoms with van der Waals surface area (Å²) in [5.74, 6) is -0.513. The molecule has 4 N–H and O–H groups in total. The molecule has 1 unspecified atom stereocenters. The third-order valence-electron chi connectivity index (χ3n) is 4.65. The Bertz CT molecular complexity index is 762. The molecular formula is C23H31FN2O4. The van der Waals surface area contributed by atoms with Gasteiger partial charge in [-0.3, -0.25) is 4.79 Å². The average Bonchev–Trinajstić information content (AvgIpc) is 2.74. The summed E-state index contributed by atoms with van der Waals surface area (Å²) in [5, 5.41) is 21.0. The standard InChI is InChI=1S/C22H26FNO3.CH5NO/c1-22(27,19-11-13-20(23)14-12-19)18-9-7-17(8-10-18)21(26)24-15-5-3-2-4-6-16-25;1-2-3/h7-14,16,27H,2-6,15H2,1H3,(H,24,26);2-3H,1H3. The zero-order chi connectivity index (χ0) is 22.4. The lowest BCUT2D eigenvalue weighted by molar-refractivity contribution is -0.107. The summed E-state index contributed by atoms with van der Waals surface area (Å²) in [6.07, 6.45) is 5.27. The molecule has 0 aliphatic carbocycles. The van der Waals surface area contributed by atoms with Crippen molar-refractivity contribution in [2.75, 3.05) is 13.6 Å². The zero-order valence-corrected chi connectivity index (χ0v) is 17.5. The number of nitrogens with one attached hydrogen (secondary N) is 2. The van der Waals surface area contributed by atoms with Crippen molar-refractivity contribution in [1.82, 2.24) is 10.8 Å². The van der Waals surface area contributed by atoms with E-state index in [9.17, 15) is 19.1 Å². The van der Waals surface area contributed by atoms with Crippen LogP contribution in [0.1, 0.15) is 60.5 Å². The molecule has 6 nitrogen and oxygen atoms in total. The molecule has 2 aromatic carbocycles. The van der Waals surface area contributed by atoms with Crippen molar-refractivity contribution in [1.29, 1.82) is 0 Å². The molecule has 1 atom stereocenters. The molecule has 0 radical (unpaired) electrons. The first-order chi connectivity index (χ1) is 14.4. The Morgan fingerprint density at radius 1 is 1.00 bits per heavy atom. The van der Waals surface area contributed by atoms with Gasteiger partial charge in [0.25, 0.3) is 5.91 Å². The van der Waals surface area contributed by atoms with E-state index in [4.69, 9.17) is 5.21 Å². The lowest BCUT2D eigenvalue weighted by atomic mass is 9.88. The predicted octanol–water partition coefficient (Wildman–Crippen LogP) is 3.56. The molecule has 0 aliphatic heterocycles. The number of benzene rings is 2. The SMILES string of the molecule is CC(O)(c1ccc(F)cc1)c1ccc(C(=O)NCCCCCCC=O)cc1.CNO. The van der Waals surface area contributed by atoms with Gasteiger partial charge in [-0.15, -0.1) is 0 Å². The minimum atomic E-state index is -1.27. The molecule has 0 heterocycles. The van der Waals surface area contributed by atoms with Gasteiger partial charge in [-0.05, 0) is 55.2 Å². The maximum atomic E-state index is 13.1. The van der Waals surface area contributed by atoms with E-state index >= 15 is 0 Å². The Labute approximate surface area is 177 Å². The molecule has 0 aromatic heterocycles. The first-order valence-electron chi connectivity index (χ1n) is 9.98. The van der Waals surface area contributed by atoms with Crippen LogP contribution in [-0.2, 0) is 10.4 Å². The van der Waals surface area contributed by atoms with E-state index in [1.165, 1.54) is 19.2 Å². The van der Waals surface area contributed by atoms with Gasteiger partial charge in [-0.25, -0.2) is 9.87 Å². The van der Waals surface area contributed by atoms with Crippen molar-refractivity contribution in [2.45, 2.75) is 44.6 Å². The number of carbonyl (C=O) groups excluding carboxylic acids is 2. The minimum absolute atomic E-state index is 0.157. The van der Waals surface area contributed by atoms with Crippen LogP contribution in [-0.4, -0.2) is 36.1 Å². The van der Waals surface area contributed by atoms with Crippen molar-refractivity contribution in [3.63, 3.8) is 0 Å². The monoisotopic (exact) mass is 418 g/mol. The van der Waals surface area contributed by atoms with Gasteiger partial charge < -0.3 is 20.4 Å². The number of rotatable bonds is 10. The molecule has 2 aromatic rings. The van der Waals surface area contributed by atoms with E-state index in [-0.39, 0.29) is 11.7 Å². The van der Waals surface area contributed by atoms with Gasteiger partial charge in [-0.1, -0.05) is 37.1 Å². The third kappa shape index (κ3) is 8.41. The van der Waals surface area contributed by atoms with Crippen LogP contribution in [0.2, 0.25) is 0 Å². The highest BCUT2D eigenvalue weighted by Gasteiger charge is 2.25. The predicted molar refractivity (Wildman–Crippen MR) is 114 cm³/mol. The summed E-state index contributed by atoms with van der Waals surface area (Å²) in [5.41, 5.74) is 2.20. The normalized spacial score (nSPS) is 12.3. The molecule has 30 heavy (non-hydrogen) atoms. The minimum Gasteiger partial charge on any atom is -0.381 e. The Morgan fingerprint density at radius 2 is 1.50 bits per heavy atom. The van der Waals surface area contributed by atoms with E-state index in [1.807, 2.05) is 0 Å². The number of unbranched alkanes of at least 4 members (excludes halogenated alkanes) is 4. The van der Waals surface area contributed by atoms with E-state index in [1.54, 1.807) is 48.8 Å². The van der Waals surface area contributed by atoms with Gasteiger partial charge in [0.2, 0.25) is 0 Å². The van der Waals surface area contributed by atoms with Crippen LogP contribution in [0.3, 0.4) is 0 Å². The van der Waals surface area contributed by atoms with Crippen molar-refractivity contribution in [2.24, 2.45) is 0 Å². The Morgan fingerprint density at radius 3 is 2.03 bits per heavy atom.